The molecule has 1 N–H and O–H groups in total. The van der Waals surface area contributed by atoms with Crippen LogP contribution in [0.15, 0.2) is 73.3 Å². The van der Waals surface area contributed by atoms with Crippen LogP contribution in [0.1, 0.15) is 31.4 Å². The Bertz CT molecular complexity index is 1820. The lowest BCUT2D eigenvalue weighted by Gasteiger charge is -2.30. The lowest BCUT2D eigenvalue weighted by molar-refractivity contribution is -0.0386. The van der Waals surface area contributed by atoms with E-state index in [1.54, 1.807) is 56.3 Å². The fourth-order valence-corrected chi connectivity index (χ4v) is 5.48. The van der Waals surface area contributed by atoms with Gasteiger partial charge in [-0.2, -0.15) is 8.42 Å². The maximum absolute atomic E-state index is 15.5. The first-order chi connectivity index (χ1) is 20.6. The Morgan fingerprint density at radius 3 is 2.67 bits per heavy atom. The number of ether oxygens (including phenoxy) is 3. The molecule has 0 radical (unpaired) electrons. The largest absolute Gasteiger partial charge is 0.488 e. The first-order valence-corrected chi connectivity index (χ1v) is 14.8. The van der Waals surface area contributed by atoms with Gasteiger partial charge in [-0.25, -0.2) is 18.7 Å². The van der Waals surface area contributed by atoms with E-state index in [2.05, 4.69) is 15.3 Å². The van der Waals surface area contributed by atoms with Crippen molar-refractivity contribution in [1.29, 1.82) is 0 Å². The quantitative estimate of drug-likeness (QED) is 0.183. The molecule has 1 aliphatic heterocycles. The van der Waals surface area contributed by atoms with E-state index >= 15 is 4.39 Å². The van der Waals surface area contributed by atoms with Gasteiger partial charge in [-0.3, -0.25) is 0 Å². The number of fused-ring (bicyclic) bond motifs is 1. The zero-order chi connectivity index (χ0) is 30.6. The van der Waals surface area contributed by atoms with Crippen LogP contribution in [-0.4, -0.2) is 36.5 Å². The summed E-state index contributed by atoms with van der Waals surface area (Å²) >= 11 is 6.47. The standard InChI is InChI=1S/C31H28ClF2N3O5S/c1-19(2)29(43(38)39)16-40-17-31(9-4-10-42-31)24-13-23-27(14-26(24)34)35-18-36-30(23)37-22-7-8-28(25(32)12-22)41-15-20-5-3-6-21(33)11-20/h3-8,10-14,18-19H,9,15-17H2,1-2H3,(H,35,36,37). The van der Waals surface area contributed by atoms with Gasteiger partial charge in [0.05, 0.1) is 34.9 Å². The second-order valence-corrected chi connectivity index (χ2v) is 11.7. The van der Waals surface area contributed by atoms with Crippen LogP contribution >= 0.6 is 11.6 Å². The molecular weight excluding hydrogens is 600 g/mol. The fourth-order valence-electron chi connectivity index (χ4n) is 4.68. The first kappa shape index (κ1) is 30.4. The third kappa shape index (κ3) is 6.96. The van der Waals surface area contributed by atoms with Crippen molar-refractivity contribution in [1.82, 2.24) is 9.97 Å². The molecule has 0 saturated carbocycles. The summed E-state index contributed by atoms with van der Waals surface area (Å²) in [6, 6.07) is 14.1. The van der Waals surface area contributed by atoms with E-state index in [0.29, 0.717) is 45.2 Å². The van der Waals surface area contributed by atoms with Crippen molar-refractivity contribution in [2.24, 2.45) is 5.92 Å². The first-order valence-electron chi connectivity index (χ1n) is 13.4. The van der Waals surface area contributed by atoms with E-state index in [1.165, 1.54) is 30.8 Å². The highest BCUT2D eigenvalue weighted by Crippen LogP contribution is 2.39. The van der Waals surface area contributed by atoms with Crippen LogP contribution in [0.25, 0.3) is 10.9 Å². The zero-order valence-electron chi connectivity index (χ0n) is 23.3. The van der Waals surface area contributed by atoms with Crippen molar-refractivity contribution in [2.45, 2.75) is 32.5 Å². The Morgan fingerprint density at radius 1 is 1.14 bits per heavy atom. The van der Waals surface area contributed by atoms with Crippen molar-refractivity contribution in [3.05, 3.63) is 101 Å². The van der Waals surface area contributed by atoms with E-state index in [4.69, 9.17) is 25.8 Å². The van der Waals surface area contributed by atoms with Gasteiger partial charge in [-0.05, 0) is 54.0 Å². The number of nitrogens with zero attached hydrogens (tertiary/aromatic N) is 2. The molecule has 43 heavy (non-hydrogen) atoms. The maximum atomic E-state index is 15.5. The molecule has 12 heteroatoms. The van der Waals surface area contributed by atoms with Crippen molar-refractivity contribution in [3.8, 4) is 5.75 Å². The van der Waals surface area contributed by atoms with Gasteiger partial charge < -0.3 is 19.5 Å². The van der Waals surface area contributed by atoms with Gasteiger partial charge in [0.2, 0.25) is 10.3 Å². The second-order valence-electron chi connectivity index (χ2n) is 10.3. The smallest absolute Gasteiger partial charge is 0.215 e. The third-order valence-corrected chi connectivity index (χ3v) is 8.28. The number of nitrogens with one attached hydrogen (secondary N) is 1. The summed E-state index contributed by atoms with van der Waals surface area (Å²) < 4.78 is 69.6. The monoisotopic (exact) mass is 627 g/mol. The number of aromatic nitrogens is 2. The molecule has 3 aromatic carbocycles. The van der Waals surface area contributed by atoms with Crippen molar-refractivity contribution < 1.29 is 31.4 Å². The summed E-state index contributed by atoms with van der Waals surface area (Å²) in [5, 5.41) is 4.05. The van der Waals surface area contributed by atoms with Gasteiger partial charge in [-0.1, -0.05) is 37.6 Å². The molecule has 8 nitrogen and oxygen atoms in total. The van der Waals surface area contributed by atoms with Crippen LogP contribution < -0.4 is 10.1 Å². The predicted octanol–water partition coefficient (Wildman–Crippen LogP) is 6.74. The Kier molecular flexibility index (Phi) is 9.24. The molecule has 1 aliphatic rings. The third-order valence-electron chi connectivity index (χ3n) is 6.97. The molecule has 5 rings (SSSR count). The molecule has 1 aromatic heterocycles. The molecule has 0 bridgehead atoms. The summed E-state index contributed by atoms with van der Waals surface area (Å²) in [7, 11) is -2.40. The lowest BCUT2D eigenvalue weighted by Crippen LogP contribution is -2.33. The number of anilines is 2. The number of halogens is 3. The highest BCUT2D eigenvalue weighted by molar-refractivity contribution is 7.73. The molecule has 2 heterocycles. The van der Waals surface area contributed by atoms with Crippen molar-refractivity contribution in [3.63, 3.8) is 0 Å². The average molecular weight is 628 g/mol. The molecule has 1 unspecified atom stereocenters. The molecule has 0 spiro atoms. The lowest BCUT2D eigenvalue weighted by atomic mass is 9.90. The molecule has 0 fully saturated rings. The minimum atomic E-state index is -2.40. The highest BCUT2D eigenvalue weighted by Gasteiger charge is 2.39. The summed E-state index contributed by atoms with van der Waals surface area (Å²) in [4.78, 5) is 8.81. The second kappa shape index (κ2) is 13.1. The van der Waals surface area contributed by atoms with E-state index in [1.807, 2.05) is 0 Å². The number of hydrogen-bond acceptors (Lipinski definition) is 8. The molecule has 4 aromatic rings. The summed E-state index contributed by atoms with van der Waals surface area (Å²) in [5.74, 6) is -0.318. The molecule has 0 saturated heterocycles. The molecule has 224 valence electrons. The Hall–Kier alpha value is -4.06. The number of benzene rings is 3. The molecule has 0 amide bonds. The van der Waals surface area contributed by atoms with Gasteiger partial charge in [0, 0.05) is 29.1 Å². The zero-order valence-corrected chi connectivity index (χ0v) is 24.9. The van der Waals surface area contributed by atoms with Crippen LogP contribution in [0.5, 0.6) is 5.75 Å². The minimum Gasteiger partial charge on any atom is -0.488 e. The topological polar surface area (TPSA) is 99.6 Å². The summed E-state index contributed by atoms with van der Waals surface area (Å²) in [6.45, 7) is 3.45. The Labute approximate surface area is 253 Å². The fraction of sp³-hybridized carbons (Fsp3) is 0.258. The SMILES string of the molecule is CC(C)C(COCC1(c2cc3c(Nc4ccc(OCc5cccc(F)c5)c(Cl)c4)ncnc3cc2F)CC=CO1)=S(=O)=O. The summed E-state index contributed by atoms with van der Waals surface area (Å²) in [5.41, 5.74) is 0.628. The Balaban J connectivity index is 1.39. The van der Waals surface area contributed by atoms with E-state index in [-0.39, 0.29) is 42.0 Å². The summed E-state index contributed by atoms with van der Waals surface area (Å²) in [6.07, 6.45) is 4.87. The van der Waals surface area contributed by atoms with E-state index < -0.39 is 21.7 Å². The van der Waals surface area contributed by atoms with E-state index in [9.17, 15) is 12.8 Å². The van der Waals surface area contributed by atoms with Crippen LogP contribution in [0.3, 0.4) is 0 Å². The minimum absolute atomic E-state index is 0.0843. The Morgan fingerprint density at radius 2 is 1.98 bits per heavy atom. The molecule has 1 atom stereocenters. The number of hydrogen-bond donors (Lipinski definition) is 1. The molecular formula is C31H28ClF2N3O5S. The maximum Gasteiger partial charge on any atom is 0.215 e. The van der Waals surface area contributed by atoms with Gasteiger partial charge in [0.1, 0.15) is 36.1 Å². The van der Waals surface area contributed by atoms with Crippen LogP contribution in [-0.2, 0) is 32.0 Å². The van der Waals surface area contributed by atoms with Crippen molar-refractivity contribution >= 4 is 49.2 Å². The predicted molar refractivity (Wildman–Crippen MR) is 161 cm³/mol. The van der Waals surface area contributed by atoms with Gasteiger partial charge in [0.25, 0.3) is 0 Å². The van der Waals surface area contributed by atoms with Gasteiger partial charge >= 0.3 is 0 Å². The van der Waals surface area contributed by atoms with Crippen LogP contribution in [0.2, 0.25) is 5.02 Å². The van der Waals surface area contributed by atoms with Crippen LogP contribution in [0, 0.1) is 17.6 Å². The highest BCUT2D eigenvalue weighted by atomic mass is 35.5. The van der Waals surface area contributed by atoms with Crippen LogP contribution in [0.4, 0.5) is 20.3 Å². The van der Waals surface area contributed by atoms with Gasteiger partial charge in [-0.15, -0.1) is 0 Å². The normalized spacial score (nSPS) is 16.0. The number of rotatable bonds is 11. The van der Waals surface area contributed by atoms with Crippen molar-refractivity contribution in [2.75, 3.05) is 18.5 Å². The van der Waals surface area contributed by atoms with Gasteiger partial charge in [0.15, 0.2) is 5.60 Å². The average Bonchev–Trinajstić information content (AvgIpc) is 3.44. The molecule has 0 aliphatic carbocycles. The van der Waals surface area contributed by atoms with E-state index in [0.717, 1.165) is 0 Å².